The first-order valence-electron chi connectivity index (χ1n) is 8.09. The summed E-state index contributed by atoms with van der Waals surface area (Å²) in [7, 11) is -7.69. The number of hydrogen-bond donors (Lipinski definition) is 2. The minimum absolute atomic E-state index is 0.0385. The lowest BCUT2D eigenvalue weighted by molar-refractivity contribution is 0.596. The smallest absolute Gasteiger partial charge is 0.261 e. The Kier molecular flexibility index (Phi) is 5.38. The Balaban J connectivity index is 1.92. The molecule has 0 radical (unpaired) electrons. The highest BCUT2D eigenvalue weighted by molar-refractivity contribution is 7.92. The van der Waals surface area contributed by atoms with E-state index in [0.29, 0.717) is 5.69 Å². The summed E-state index contributed by atoms with van der Waals surface area (Å²) in [6, 6.07) is 15.9. The maximum atomic E-state index is 12.8. The number of anilines is 2. The Labute approximate surface area is 168 Å². The van der Waals surface area contributed by atoms with Gasteiger partial charge in [0.25, 0.3) is 10.0 Å². The van der Waals surface area contributed by atoms with E-state index in [2.05, 4.69) is 4.72 Å². The van der Waals surface area contributed by atoms with Crippen molar-refractivity contribution in [2.24, 2.45) is 0 Å². The van der Waals surface area contributed by atoms with E-state index in [1.165, 1.54) is 54.6 Å². The average Bonchev–Trinajstić information content (AvgIpc) is 2.62. The standard InChI is InChI=1S/C19H17ClN2O4S2/c1-13-2-7-17(8-3-13)28(25,26)22-15-6-11-19(18(20)12-15)27(23,24)16-9-4-14(21)5-10-16/h2-12,22H,21H2,1H3. The van der Waals surface area contributed by atoms with Gasteiger partial charge in [0.1, 0.15) is 0 Å². The van der Waals surface area contributed by atoms with Crippen LogP contribution in [0, 0.1) is 6.92 Å². The number of hydrogen-bond acceptors (Lipinski definition) is 5. The minimum atomic E-state index is -3.87. The van der Waals surface area contributed by atoms with Crippen LogP contribution < -0.4 is 10.5 Å². The second-order valence-corrected chi connectivity index (χ2v) is 10.1. The summed E-state index contributed by atoms with van der Waals surface area (Å²) in [5.41, 5.74) is 7.11. The van der Waals surface area contributed by atoms with Gasteiger partial charge in [-0.1, -0.05) is 29.3 Å². The molecule has 3 aromatic carbocycles. The molecule has 0 atom stereocenters. The zero-order valence-corrected chi connectivity index (χ0v) is 17.1. The van der Waals surface area contributed by atoms with Crippen LogP contribution in [-0.2, 0) is 19.9 Å². The van der Waals surface area contributed by atoms with Gasteiger partial charge in [0.05, 0.1) is 25.4 Å². The number of rotatable bonds is 5. The Morgan fingerprint density at radius 1 is 0.821 bits per heavy atom. The Morgan fingerprint density at radius 3 is 1.96 bits per heavy atom. The zero-order valence-electron chi connectivity index (χ0n) is 14.8. The second-order valence-electron chi connectivity index (χ2n) is 6.14. The van der Waals surface area contributed by atoms with Crippen molar-refractivity contribution in [2.45, 2.75) is 21.6 Å². The lowest BCUT2D eigenvalue weighted by Crippen LogP contribution is -2.13. The zero-order chi connectivity index (χ0) is 20.5. The van der Waals surface area contributed by atoms with Gasteiger partial charge in [-0.3, -0.25) is 4.72 Å². The molecule has 0 bridgehead atoms. The van der Waals surface area contributed by atoms with E-state index in [-0.39, 0.29) is 25.4 Å². The average molecular weight is 437 g/mol. The van der Waals surface area contributed by atoms with E-state index in [9.17, 15) is 16.8 Å². The van der Waals surface area contributed by atoms with Crippen molar-refractivity contribution in [3.8, 4) is 0 Å². The van der Waals surface area contributed by atoms with E-state index in [1.54, 1.807) is 12.1 Å². The SMILES string of the molecule is Cc1ccc(S(=O)(=O)Nc2ccc(S(=O)(=O)c3ccc(N)cc3)c(Cl)c2)cc1. The molecule has 28 heavy (non-hydrogen) atoms. The number of sulfone groups is 1. The van der Waals surface area contributed by atoms with E-state index >= 15 is 0 Å². The molecule has 0 saturated heterocycles. The topological polar surface area (TPSA) is 106 Å². The van der Waals surface area contributed by atoms with Crippen LogP contribution in [0.3, 0.4) is 0 Å². The molecular weight excluding hydrogens is 420 g/mol. The maximum Gasteiger partial charge on any atom is 0.261 e. The lowest BCUT2D eigenvalue weighted by atomic mass is 10.2. The number of aryl methyl sites for hydroxylation is 1. The van der Waals surface area contributed by atoms with Crippen molar-refractivity contribution in [3.63, 3.8) is 0 Å². The van der Waals surface area contributed by atoms with Crippen LogP contribution in [0.5, 0.6) is 0 Å². The first kappa shape index (κ1) is 20.2. The third-order valence-electron chi connectivity index (χ3n) is 4.00. The fraction of sp³-hybridized carbons (Fsp3) is 0.0526. The maximum absolute atomic E-state index is 12.8. The third-order valence-corrected chi connectivity index (χ3v) is 7.65. The predicted octanol–water partition coefficient (Wildman–Crippen LogP) is 3.86. The largest absolute Gasteiger partial charge is 0.399 e. The van der Waals surface area contributed by atoms with Crippen LogP contribution in [-0.4, -0.2) is 16.8 Å². The molecule has 0 heterocycles. The predicted molar refractivity (Wildman–Crippen MR) is 110 cm³/mol. The van der Waals surface area contributed by atoms with Crippen LogP contribution >= 0.6 is 11.6 Å². The summed E-state index contributed by atoms with van der Waals surface area (Å²) in [6.45, 7) is 1.85. The molecule has 6 nitrogen and oxygen atoms in total. The van der Waals surface area contributed by atoms with Crippen molar-refractivity contribution in [3.05, 3.63) is 77.3 Å². The van der Waals surface area contributed by atoms with Crippen molar-refractivity contribution >= 4 is 42.8 Å². The Hall–Kier alpha value is -2.55. The lowest BCUT2D eigenvalue weighted by Gasteiger charge is -2.11. The highest BCUT2D eigenvalue weighted by Gasteiger charge is 2.22. The summed E-state index contributed by atoms with van der Waals surface area (Å²) >= 11 is 6.15. The fourth-order valence-electron chi connectivity index (χ4n) is 2.49. The molecule has 0 unspecified atom stereocenters. The number of nitrogens with two attached hydrogens (primary N) is 1. The number of halogens is 1. The van der Waals surface area contributed by atoms with Crippen molar-refractivity contribution < 1.29 is 16.8 Å². The molecule has 0 aliphatic rings. The molecule has 146 valence electrons. The van der Waals surface area contributed by atoms with Crippen LogP contribution in [0.25, 0.3) is 0 Å². The van der Waals surface area contributed by atoms with Crippen molar-refractivity contribution in [1.82, 2.24) is 0 Å². The quantitative estimate of drug-likeness (QED) is 0.590. The van der Waals surface area contributed by atoms with E-state index < -0.39 is 19.9 Å². The van der Waals surface area contributed by atoms with Crippen LogP contribution in [0.4, 0.5) is 11.4 Å². The molecule has 0 fully saturated rings. The molecule has 9 heteroatoms. The highest BCUT2D eigenvalue weighted by atomic mass is 35.5. The van der Waals surface area contributed by atoms with Crippen LogP contribution in [0.1, 0.15) is 5.56 Å². The Bertz CT molecular complexity index is 1220. The normalized spacial score (nSPS) is 11.9. The fourth-order valence-corrected chi connectivity index (χ4v) is 5.33. The summed E-state index contributed by atoms with van der Waals surface area (Å²) in [6.07, 6.45) is 0. The minimum Gasteiger partial charge on any atom is -0.399 e. The molecule has 3 aromatic rings. The summed E-state index contributed by atoms with van der Waals surface area (Å²) in [4.78, 5) is 0.00148. The second kappa shape index (κ2) is 7.46. The third kappa shape index (κ3) is 4.14. The van der Waals surface area contributed by atoms with Gasteiger partial charge < -0.3 is 5.73 Å². The number of nitrogens with one attached hydrogen (secondary N) is 1. The van der Waals surface area contributed by atoms with E-state index in [0.717, 1.165) is 5.56 Å². The molecule has 0 amide bonds. The first-order valence-corrected chi connectivity index (χ1v) is 11.4. The molecule has 3 N–H and O–H groups in total. The number of sulfonamides is 1. The summed E-state index contributed by atoms with van der Waals surface area (Å²) < 4.78 is 52.9. The number of nitrogen functional groups attached to an aromatic ring is 1. The van der Waals surface area contributed by atoms with Gasteiger partial charge in [-0.15, -0.1) is 0 Å². The monoisotopic (exact) mass is 436 g/mol. The van der Waals surface area contributed by atoms with Crippen molar-refractivity contribution in [2.75, 3.05) is 10.5 Å². The molecule has 0 saturated carbocycles. The molecule has 0 aliphatic heterocycles. The van der Waals surface area contributed by atoms with Gasteiger partial charge in [-0.25, -0.2) is 16.8 Å². The summed E-state index contributed by atoms with van der Waals surface area (Å²) in [5, 5.41) is -0.0964. The molecule has 0 aromatic heterocycles. The van der Waals surface area contributed by atoms with Crippen LogP contribution in [0.2, 0.25) is 5.02 Å². The molecule has 0 spiro atoms. The summed E-state index contributed by atoms with van der Waals surface area (Å²) in [5.74, 6) is 0. The van der Waals surface area contributed by atoms with E-state index in [1.807, 2.05) is 6.92 Å². The van der Waals surface area contributed by atoms with Crippen molar-refractivity contribution in [1.29, 1.82) is 0 Å². The van der Waals surface area contributed by atoms with Gasteiger partial charge >= 0.3 is 0 Å². The van der Waals surface area contributed by atoms with E-state index in [4.69, 9.17) is 17.3 Å². The van der Waals surface area contributed by atoms with Gasteiger partial charge in [-0.05, 0) is 61.5 Å². The Morgan fingerprint density at radius 2 is 1.39 bits per heavy atom. The molecule has 3 rings (SSSR count). The highest BCUT2D eigenvalue weighted by Crippen LogP contribution is 2.31. The van der Waals surface area contributed by atoms with Crippen LogP contribution in [0.15, 0.2) is 81.4 Å². The molecular formula is C19H17ClN2O4S2. The van der Waals surface area contributed by atoms with Gasteiger partial charge in [0.15, 0.2) is 0 Å². The van der Waals surface area contributed by atoms with Gasteiger partial charge in [0, 0.05) is 5.69 Å². The first-order chi connectivity index (χ1) is 13.1. The van der Waals surface area contributed by atoms with Gasteiger partial charge in [0.2, 0.25) is 9.84 Å². The van der Waals surface area contributed by atoms with Gasteiger partial charge in [-0.2, -0.15) is 0 Å². The molecule has 0 aliphatic carbocycles. The number of benzene rings is 3.